The summed E-state index contributed by atoms with van der Waals surface area (Å²) >= 11 is 0. The van der Waals surface area contributed by atoms with Crippen LogP contribution in [0, 0.1) is 0 Å². The maximum atomic E-state index is 13.1. The number of fused-ring (bicyclic) bond motifs is 1. The van der Waals surface area contributed by atoms with Gasteiger partial charge in [-0.1, -0.05) is 17.7 Å². The van der Waals surface area contributed by atoms with E-state index >= 15 is 0 Å². The summed E-state index contributed by atoms with van der Waals surface area (Å²) in [5.74, 6) is -0.892. The number of hydrogen-bond donors (Lipinski definition) is 4. The first-order valence-electron chi connectivity index (χ1n) is 12.0. The van der Waals surface area contributed by atoms with E-state index in [0.717, 1.165) is 27.9 Å². The van der Waals surface area contributed by atoms with Crippen LogP contribution in [0.5, 0.6) is 0 Å². The van der Waals surface area contributed by atoms with Gasteiger partial charge in [0.1, 0.15) is 11.7 Å². The molecule has 0 bridgehead atoms. The molecule has 38 heavy (non-hydrogen) atoms. The van der Waals surface area contributed by atoms with E-state index in [4.69, 9.17) is 5.11 Å². The van der Waals surface area contributed by atoms with Crippen molar-refractivity contribution in [2.75, 3.05) is 19.4 Å². The number of amides is 3. The molecule has 3 aromatic heterocycles. The summed E-state index contributed by atoms with van der Waals surface area (Å²) in [6.07, 6.45) is 7.32. The van der Waals surface area contributed by atoms with E-state index in [1.165, 1.54) is 21.6 Å². The first-order chi connectivity index (χ1) is 18.0. The molecule has 11 heteroatoms. The number of anilines is 1. The van der Waals surface area contributed by atoms with Crippen molar-refractivity contribution in [2.45, 2.75) is 39.3 Å². The Hall–Kier alpha value is -4.67. The molecule has 0 unspecified atom stereocenters. The van der Waals surface area contributed by atoms with E-state index in [9.17, 15) is 19.2 Å². The molecule has 0 spiro atoms. The van der Waals surface area contributed by atoms with Crippen molar-refractivity contribution in [3.63, 3.8) is 0 Å². The van der Waals surface area contributed by atoms with Crippen molar-refractivity contribution in [3.8, 4) is 0 Å². The van der Waals surface area contributed by atoms with Gasteiger partial charge >= 0.3 is 6.09 Å². The third kappa shape index (κ3) is 7.42. The monoisotopic (exact) mass is 520 g/mol. The van der Waals surface area contributed by atoms with Gasteiger partial charge in [0.15, 0.2) is 0 Å². The largest absolute Gasteiger partial charge is 0.465 e. The molecule has 0 aromatic carbocycles. The van der Waals surface area contributed by atoms with Crippen molar-refractivity contribution in [1.82, 2.24) is 24.8 Å². The highest BCUT2D eigenvalue weighted by molar-refractivity contribution is 5.96. The van der Waals surface area contributed by atoms with E-state index in [-0.39, 0.29) is 31.0 Å². The van der Waals surface area contributed by atoms with Gasteiger partial charge in [0.05, 0.1) is 17.6 Å². The second-order valence-electron chi connectivity index (χ2n) is 9.24. The minimum atomic E-state index is -1.37. The number of aromatic nitrogens is 3. The van der Waals surface area contributed by atoms with Gasteiger partial charge in [0.25, 0.3) is 5.56 Å². The highest BCUT2D eigenvalue weighted by Gasteiger charge is 2.21. The van der Waals surface area contributed by atoms with Crippen LogP contribution in [0.2, 0.25) is 0 Å². The van der Waals surface area contributed by atoms with Crippen molar-refractivity contribution in [1.29, 1.82) is 0 Å². The molecule has 0 saturated carbocycles. The van der Waals surface area contributed by atoms with Gasteiger partial charge in [-0.3, -0.25) is 19.4 Å². The Morgan fingerprint density at radius 3 is 2.68 bits per heavy atom. The number of likely N-dealkylation sites (N-methyl/N-ethyl adjacent to an activating group) is 1. The van der Waals surface area contributed by atoms with E-state index in [2.05, 4.69) is 20.6 Å². The molecule has 0 aliphatic heterocycles. The van der Waals surface area contributed by atoms with Gasteiger partial charge in [-0.2, -0.15) is 0 Å². The second kappa shape index (κ2) is 12.5. The summed E-state index contributed by atoms with van der Waals surface area (Å²) in [7, 11) is 3.22. The number of rotatable bonds is 10. The first kappa shape index (κ1) is 27.9. The Labute approximate surface area is 219 Å². The number of nitrogens with zero attached hydrogens (tertiary/aromatic N) is 3. The van der Waals surface area contributed by atoms with Crippen LogP contribution in [-0.2, 0) is 16.1 Å². The highest BCUT2D eigenvalue weighted by Crippen LogP contribution is 2.20. The standard InChI is InChI=1S/C27H32N6O5/c1-17(2)14-18-11-12-28-22-15-19(29-24(18)22)16-33-13-7-9-21(26(33)36)30-25(35)20(31-27(37)38)8-5-6-10-23(34)32(3)4/h6-7,9-15,20,29,31H,5,8,16H2,1-4H3,(H,30,35)(H,37,38)/b10-6+/t20-/m0/s1. The first-order valence-corrected chi connectivity index (χ1v) is 12.0. The Bertz CT molecular complexity index is 1450. The average molecular weight is 521 g/mol. The van der Waals surface area contributed by atoms with Crippen molar-refractivity contribution < 1.29 is 19.5 Å². The number of hydrogen-bond acceptors (Lipinski definition) is 5. The lowest BCUT2D eigenvalue weighted by molar-refractivity contribution is -0.123. The van der Waals surface area contributed by atoms with Gasteiger partial charge in [-0.25, -0.2) is 4.79 Å². The topological polar surface area (TPSA) is 149 Å². The van der Waals surface area contributed by atoms with Gasteiger partial charge in [0.2, 0.25) is 11.8 Å². The van der Waals surface area contributed by atoms with Crippen molar-refractivity contribution in [3.05, 3.63) is 76.0 Å². The number of carbonyl (C=O) groups is 3. The fourth-order valence-corrected chi connectivity index (χ4v) is 3.79. The summed E-state index contributed by atoms with van der Waals surface area (Å²) in [6, 6.07) is 5.76. The average Bonchev–Trinajstić information content (AvgIpc) is 3.26. The fourth-order valence-electron chi connectivity index (χ4n) is 3.79. The van der Waals surface area contributed by atoms with Crippen molar-refractivity contribution in [2.24, 2.45) is 0 Å². The number of aromatic amines is 1. The number of carboxylic acid groups (broad SMARTS) is 1. The smallest absolute Gasteiger partial charge is 0.405 e. The zero-order chi connectivity index (χ0) is 27.8. The van der Waals surface area contributed by atoms with Crippen LogP contribution in [0.15, 0.2) is 59.2 Å². The molecule has 0 fully saturated rings. The summed E-state index contributed by atoms with van der Waals surface area (Å²) in [5, 5.41) is 13.9. The zero-order valence-electron chi connectivity index (χ0n) is 21.8. The lowest BCUT2D eigenvalue weighted by Crippen LogP contribution is -2.44. The lowest BCUT2D eigenvalue weighted by atomic mass is 10.1. The van der Waals surface area contributed by atoms with E-state index in [1.807, 2.05) is 32.1 Å². The molecule has 3 aromatic rings. The quantitative estimate of drug-likeness (QED) is 0.302. The number of pyridine rings is 2. The van der Waals surface area contributed by atoms with Gasteiger partial charge in [-0.15, -0.1) is 0 Å². The molecule has 0 saturated heterocycles. The molecule has 0 radical (unpaired) electrons. The Morgan fingerprint density at radius 1 is 1.24 bits per heavy atom. The van der Waals surface area contributed by atoms with Crippen molar-refractivity contribution >= 4 is 40.7 Å². The van der Waals surface area contributed by atoms with E-state index in [0.29, 0.717) is 0 Å². The van der Waals surface area contributed by atoms with Crippen LogP contribution in [0.25, 0.3) is 17.1 Å². The van der Waals surface area contributed by atoms with Crippen LogP contribution in [0.4, 0.5) is 10.5 Å². The Kier molecular flexibility index (Phi) is 9.20. The molecule has 0 aliphatic rings. The predicted molar refractivity (Wildman–Crippen MR) is 146 cm³/mol. The predicted octanol–water partition coefficient (Wildman–Crippen LogP) is 3.20. The number of H-pyrrole nitrogens is 1. The maximum Gasteiger partial charge on any atom is 0.405 e. The molecule has 200 valence electrons. The number of nitrogens with one attached hydrogen (secondary N) is 3. The van der Waals surface area contributed by atoms with Crippen LogP contribution in [0.1, 0.15) is 37.9 Å². The molecule has 4 N–H and O–H groups in total. The molecule has 0 aliphatic carbocycles. The van der Waals surface area contributed by atoms with E-state index in [1.54, 1.807) is 38.6 Å². The van der Waals surface area contributed by atoms with Gasteiger partial charge < -0.3 is 30.2 Å². The number of carbonyl (C=O) groups excluding carboxylic acids is 2. The van der Waals surface area contributed by atoms with Gasteiger partial charge in [0, 0.05) is 37.7 Å². The second-order valence-corrected chi connectivity index (χ2v) is 9.24. The molecule has 1 atom stereocenters. The van der Waals surface area contributed by atoms with Crippen LogP contribution >= 0.6 is 0 Å². The lowest BCUT2D eigenvalue weighted by Gasteiger charge is -2.16. The van der Waals surface area contributed by atoms with E-state index < -0.39 is 23.6 Å². The molecule has 3 rings (SSSR count). The number of allylic oxidation sites excluding steroid dienone is 2. The summed E-state index contributed by atoms with van der Waals surface area (Å²) < 4.78 is 1.44. The maximum absolute atomic E-state index is 13.1. The third-order valence-electron chi connectivity index (χ3n) is 5.61. The van der Waals surface area contributed by atoms with Crippen LogP contribution in [0.3, 0.4) is 0 Å². The van der Waals surface area contributed by atoms with Gasteiger partial charge in [-0.05, 0) is 57.0 Å². The molecule has 3 heterocycles. The minimum absolute atomic E-state index is 0.0208. The fraction of sp³-hybridized carbons (Fsp3) is 0.296. The Morgan fingerprint density at radius 2 is 2.00 bits per heavy atom. The minimum Gasteiger partial charge on any atom is -0.465 e. The highest BCUT2D eigenvalue weighted by atomic mass is 16.4. The summed E-state index contributed by atoms with van der Waals surface area (Å²) in [4.78, 5) is 57.9. The molecule has 3 amide bonds. The zero-order valence-corrected chi connectivity index (χ0v) is 21.8. The summed E-state index contributed by atoms with van der Waals surface area (Å²) in [6.45, 7) is 4.23. The normalized spacial score (nSPS) is 11.8. The van der Waals surface area contributed by atoms with Crippen LogP contribution < -0.4 is 16.2 Å². The third-order valence-corrected chi connectivity index (χ3v) is 5.61. The molecular formula is C27H32N6O5. The Balaban J connectivity index is 1.76. The SMILES string of the molecule is CC(C)=Cc1ccnc2cc(Cn3cccc(NC(=O)[C@H](CC/C=C/C(=O)N(C)C)NC(=O)O)c3=O)[nH]c12. The summed E-state index contributed by atoms with van der Waals surface area (Å²) in [5.41, 5.74) is 4.11. The van der Waals surface area contributed by atoms with Crippen LogP contribution in [-0.4, -0.2) is 62.6 Å². The molecule has 11 nitrogen and oxygen atoms in total. The molecular weight excluding hydrogens is 488 g/mol.